The molecule has 0 atom stereocenters. The van der Waals surface area contributed by atoms with Crippen LogP contribution in [0.3, 0.4) is 0 Å². The Morgan fingerprint density at radius 3 is 2.50 bits per heavy atom. The Morgan fingerprint density at radius 1 is 1.15 bits per heavy atom. The van der Waals surface area contributed by atoms with Gasteiger partial charge in [-0.2, -0.15) is 5.10 Å². The molecule has 0 N–H and O–H groups in total. The van der Waals surface area contributed by atoms with E-state index in [9.17, 15) is 4.79 Å². The molecule has 0 unspecified atom stereocenters. The number of hydrogen-bond donors (Lipinski definition) is 0. The number of aldehydes is 1. The van der Waals surface area contributed by atoms with E-state index in [1.165, 1.54) is 19.3 Å². The minimum atomic E-state index is 0.434. The normalized spacial score (nSPS) is 16.2. The summed E-state index contributed by atoms with van der Waals surface area (Å²) in [6.45, 7) is 0. The number of rotatable bonds is 3. The topological polar surface area (TPSA) is 34.9 Å². The summed E-state index contributed by atoms with van der Waals surface area (Å²) in [7, 11) is 0. The van der Waals surface area contributed by atoms with E-state index in [1.54, 1.807) is 0 Å². The van der Waals surface area contributed by atoms with Crippen molar-refractivity contribution in [2.45, 2.75) is 38.1 Å². The standard InChI is InChI=1S/C16H17ClN2O/c17-14-8-6-12(7-9-14)16-13(11-20)10-19(18-16)15-4-2-1-3-5-15/h6-11,15H,1-5H2. The Balaban J connectivity index is 1.95. The van der Waals surface area contributed by atoms with E-state index in [0.29, 0.717) is 16.6 Å². The maximum absolute atomic E-state index is 11.3. The van der Waals surface area contributed by atoms with E-state index < -0.39 is 0 Å². The molecule has 1 aliphatic rings. The minimum Gasteiger partial charge on any atom is -0.298 e. The second kappa shape index (κ2) is 5.80. The van der Waals surface area contributed by atoms with Crippen molar-refractivity contribution in [1.29, 1.82) is 0 Å². The highest BCUT2D eigenvalue weighted by Crippen LogP contribution is 2.30. The van der Waals surface area contributed by atoms with E-state index >= 15 is 0 Å². The molecule has 0 aliphatic heterocycles. The summed E-state index contributed by atoms with van der Waals surface area (Å²) >= 11 is 5.90. The third-order valence-corrected chi connectivity index (χ3v) is 4.21. The molecule has 3 nitrogen and oxygen atoms in total. The molecule has 0 saturated heterocycles. The average Bonchev–Trinajstić information content (AvgIpc) is 2.93. The van der Waals surface area contributed by atoms with Gasteiger partial charge in [-0.15, -0.1) is 0 Å². The van der Waals surface area contributed by atoms with Crippen LogP contribution in [0.25, 0.3) is 11.3 Å². The van der Waals surface area contributed by atoms with Crippen molar-refractivity contribution in [2.24, 2.45) is 0 Å². The van der Waals surface area contributed by atoms with Crippen LogP contribution in [-0.2, 0) is 0 Å². The van der Waals surface area contributed by atoms with Crippen molar-refractivity contribution in [3.63, 3.8) is 0 Å². The van der Waals surface area contributed by atoms with Gasteiger partial charge in [-0.3, -0.25) is 9.48 Å². The van der Waals surface area contributed by atoms with E-state index in [0.717, 1.165) is 30.4 Å². The van der Waals surface area contributed by atoms with Crippen LogP contribution in [0, 0.1) is 0 Å². The van der Waals surface area contributed by atoms with Gasteiger partial charge in [-0.25, -0.2) is 0 Å². The molecular weight excluding hydrogens is 272 g/mol. The lowest BCUT2D eigenvalue weighted by atomic mass is 9.96. The molecule has 1 aromatic carbocycles. The van der Waals surface area contributed by atoms with Crippen LogP contribution in [0.15, 0.2) is 30.5 Å². The minimum absolute atomic E-state index is 0.434. The van der Waals surface area contributed by atoms with Crippen molar-refractivity contribution < 1.29 is 4.79 Å². The zero-order valence-electron chi connectivity index (χ0n) is 11.3. The highest BCUT2D eigenvalue weighted by atomic mass is 35.5. The number of halogens is 1. The highest BCUT2D eigenvalue weighted by molar-refractivity contribution is 6.30. The van der Waals surface area contributed by atoms with Crippen LogP contribution in [0.5, 0.6) is 0 Å². The van der Waals surface area contributed by atoms with Crippen LogP contribution in [0.4, 0.5) is 0 Å². The lowest BCUT2D eigenvalue weighted by molar-refractivity contribution is 0.112. The zero-order valence-corrected chi connectivity index (χ0v) is 12.0. The monoisotopic (exact) mass is 288 g/mol. The Morgan fingerprint density at radius 2 is 1.85 bits per heavy atom. The van der Waals surface area contributed by atoms with Gasteiger partial charge in [0.1, 0.15) is 5.69 Å². The predicted octanol–water partition coefficient (Wildman–Crippen LogP) is 4.52. The van der Waals surface area contributed by atoms with Gasteiger partial charge in [0.15, 0.2) is 6.29 Å². The molecule has 1 fully saturated rings. The molecule has 1 aromatic heterocycles. The number of nitrogens with zero attached hydrogens (tertiary/aromatic N) is 2. The first-order chi connectivity index (χ1) is 9.78. The SMILES string of the molecule is O=Cc1cn(C2CCCCC2)nc1-c1ccc(Cl)cc1. The molecule has 0 amide bonds. The Hall–Kier alpha value is -1.61. The molecule has 104 valence electrons. The third kappa shape index (κ3) is 2.63. The molecule has 20 heavy (non-hydrogen) atoms. The van der Waals surface area contributed by atoms with E-state index in [-0.39, 0.29) is 0 Å². The molecule has 1 heterocycles. The van der Waals surface area contributed by atoms with Crippen LogP contribution < -0.4 is 0 Å². The van der Waals surface area contributed by atoms with E-state index in [2.05, 4.69) is 5.10 Å². The summed E-state index contributed by atoms with van der Waals surface area (Å²) in [5.41, 5.74) is 2.34. The quantitative estimate of drug-likeness (QED) is 0.778. The van der Waals surface area contributed by atoms with Gasteiger partial charge in [0.05, 0.1) is 11.6 Å². The van der Waals surface area contributed by atoms with Crippen LogP contribution in [-0.4, -0.2) is 16.1 Å². The molecule has 0 bridgehead atoms. The fraction of sp³-hybridized carbons (Fsp3) is 0.375. The van der Waals surface area contributed by atoms with E-state index in [4.69, 9.17) is 11.6 Å². The average molecular weight is 289 g/mol. The number of aromatic nitrogens is 2. The van der Waals surface area contributed by atoms with Crippen LogP contribution in [0.1, 0.15) is 48.5 Å². The summed E-state index contributed by atoms with van der Waals surface area (Å²) in [5, 5.41) is 5.34. The second-order valence-corrected chi connectivity index (χ2v) is 5.77. The van der Waals surface area contributed by atoms with Crippen molar-refractivity contribution in [3.05, 3.63) is 41.0 Å². The Bertz CT molecular complexity index is 597. The fourth-order valence-corrected chi connectivity index (χ4v) is 2.98. The fourth-order valence-electron chi connectivity index (χ4n) is 2.86. The Labute approximate surface area is 123 Å². The third-order valence-electron chi connectivity index (χ3n) is 3.95. The first-order valence-electron chi connectivity index (χ1n) is 7.08. The number of carbonyl (C=O) groups is 1. The molecule has 3 rings (SSSR count). The lowest BCUT2D eigenvalue weighted by Gasteiger charge is -2.21. The molecule has 1 aliphatic carbocycles. The maximum Gasteiger partial charge on any atom is 0.153 e. The highest BCUT2D eigenvalue weighted by Gasteiger charge is 2.19. The van der Waals surface area contributed by atoms with Crippen LogP contribution >= 0.6 is 11.6 Å². The number of benzene rings is 1. The molecule has 2 aromatic rings. The molecule has 0 radical (unpaired) electrons. The number of hydrogen-bond acceptors (Lipinski definition) is 2. The van der Waals surface area contributed by atoms with Gasteiger partial charge in [0.2, 0.25) is 0 Å². The Kier molecular flexibility index (Phi) is 3.88. The summed E-state index contributed by atoms with van der Waals surface area (Å²) < 4.78 is 1.98. The van der Waals surface area contributed by atoms with Gasteiger partial charge >= 0.3 is 0 Å². The molecule has 4 heteroatoms. The van der Waals surface area contributed by atoms with Gasteiger partial charge in [0.25, 0.3) is 0 Å². The zero-order chi connectivity index (χ0) is 13.9. The van der Waals surface area contributed by atoms with Gasteiger partial charge < -0.3 is 0 Å². The molecular formula is C16H17ClN2O. The second-order valence-electron chi connectivity index (χ2n) is 5.33. The summed E-state index contributed by atoms with van der Waals surface area (Å²) in [6, 6.07) is 7.89. The summed E-state index contributed by atoms with van der Waals surface area (Å²) in [4.78, 5) is 11.3. The van der Waals surface area contributed by atoms with Crippen LogP contribution in [0.2, 0.25) is 5.02 Å². The van der Waals surface area contributed by atoms with Crippen molar-refractivity contribution >= 4 is 17.9 Å². The number of carbonyl (C=O) groups excluding carboxylic acids is 1. The van der Waals surface area contributed by atoms with Gasteiger partial charge in [-0.1, -0.05) is 43.0 Å². The largest absolute Gasteiger partial charge is 0.298 e. The van der Waals surface area contributed by atoms with Gasteiger partial charge in [-0.05, 0) is 25.0 Å². The first kappa shape index (κ1) is 13.4. The van der Waals surface area contributed by atoms with Gasteiger partial charge in [0, 0.05) is 16.8 Å². The first-order valence-corrected chi connectivity index (χ1v) is 7.46. The smallest absolute Gasteiger partial charge is 0.153 e. The van der Waals surface area contributed by atoms with Crippen molar-refractivity contribution in [1.82, 2.24) is 9.78 Å². The predicted molar refractivity (Wildman–Crippen MR) is 80.2 cm³/mol. The van der Waals surface area contributed by atoms with E-state index in [1.807, 2.05) is 35.1 Å². The maximum atomic E-state index is 11.3. The molecule has 1 saturated carbocycles. The van der Waals surface area contributed by atoms with Crippen molar-refractivity contribution in [3.8, 4) is 11.3 Å². The summed E-state index contributed by atoms with van der Waals surface area (Å²) in [6.07, 6.45) is 8.88. The summed E-state index contributed by atoms with van der Waals surface area (Å²) in [5.74, 6) is 0. The van der Waals surface area contributed by atoms with Crippen molar-refractivity contribution in [2.75, 3.05) is 0 Å². The lowest BCUT2D eigenvalue weighted by Crippen LogP contribution is -2.13. The molecule has 0 spiro atoms.